The third-order valence-electron chi connectivity index (χ3n) is 6.87. The van der Waals surface area contributed by atoms with Gasteiger partial charge >= 0.3 is 0 Å². The molecule has 36 heavy (non-hydrogen) atoms. The Morgan fingerprint density at radius 3 is 2.36 bits per heavy atom. The SMILES string of the molecule is COc1ccc(C)cc1/C(O)=C1\C(=O)C(=O)N(c2ccc(N3CCCCC3)cc2)C1c1ccccn1. The molecule has 5 rings (SSSR count). The molecule has 2 saturated heterocycles. The van der Waals surface area contributed by atoms with Gasteiger partial charge in [0.15, 0.2) is 0 Å². The number of amides is 1. The van der Waals surface area contributed by atoms with Crippen LogP contribution in [-0.2, 0) is 9.59 Å². The van der Waals surface area contributed by atoms with Crippen molar-refractivity contribution in [1.29, 1.82) is 0 Å². The van der Waals surface area contributed by atoms with Crippen LogP contribution in [0.1, 0.15) is 42.1 Å². The molecule has 2 aliphatic heterocycles. The van der Waals surface area contributed by atoms with Crippen molar-refractivity contribution in [2.45, 2.75) is 32.2 Å². The number of hydrogen-bond donors (Lipinski definition) is 1. The van der Waals surface area contributed by atoms with Crippen molar-refractivity contribution >= 4 is 28.8 Å². The standard InChI is InChI=1S/C29H29N3O4/c1-19-9-14-24(36-2)22(18-19)27(33)25-26(23-8-4-5-15-30-23)32(29(35)28(25)34)21-12-10-20(11-13-21)31-16-6-3-7-17-31/h4-5,8-15,18,26,33H,3,6-7,16-17H2,1-2H3/b27-25+. The average molecular weight is 484 g/mol. The van der Waals surface area contributed by atoms with Gasteiger partial charge < -0.3 is 14.7 Å². The summed E-state index contributed by atoms with van der Waals surface area (Å²) in [5.41, 5.74) is 3.39. The summed E-state index contributed by atoms with van der Waals surface area (Å²) < 4.78 is 5.44. The lowest BCUT2D eigenvalue weighted by Crippen LogP contribution is -2.31. The Morgan fingerprint density at radius 2 is 1.69 bits per heavy atom. The van der Waals surface area contributed by atoms with E-state index < -0.39 is 17.7 Å². The van der Waals surface area contributed by atoms with Gasteiger partial charge in [-0.05, 0) is 74.7 Å². The quantitative estimate of drug-likeness (QED) is 0.312. The van der Waals surface area contributed by atoms with E-state index in [2.05, 4.69) is 9.88 Å². The summed E-state index contributed by atoms with van der Waals surface area (Å²) in [4.78, 5) is 35.0. The van der Waals surface area contributed by atoms with Crippen LogP contribution in [0.15, 0.2) is 72.4 Å². The number of ether oxygens (including phenoxy) is 1. The second-order valence-corrected chi connectivity index (χ2v) is 9.19. The molecule has 2 fully saturated rings. The molecule has 1 atom stereocenters. The number of aryl methyl sites for hydroxylation is 1. The van der Waals surface area contributed by atoms with Gasteiger partial charge in [-0.15, -0.1) is 0 Å². The Kier molecular flexibility index (Phi) is 6.46. The van der Waals surface area contributed by atoms with Gasteiger partial charge in [-0.2, -0.15) is 0 Å². The number of ketones is 1. The zero-order valence-electron chi connectivity index (χ0n) is 20.5. The number of benzene rings is 2. The average Bonchev–Trinajstić information content (AvgIpc) is 3.19. The first-order chi connectivity index (χ1) is 17.5. The van der Waals surface area contributed by atoms with E-state index in [1.807, 2.05) is 37.3 Å². The molecule has 2 aromatic carbocycles. The zero-order valence-corrected chi connectivity index (χ0v) is 20.5. The number of carbonyl (C=O) groups is 2. The van der Waals surface area contributed by atoms with Crippen LogP contribution in [0.2, 0.25) is 0 Å². The Morgan fingerprint density at radius 1 is 0.972 bits per heavy atom. The number of aliphatic hydroxyl groups is 1. The topological polar surface area (TPSA) is 83.0 Å². The van der Waals surface area contributed by atoms with Gasteiger partial charge in [0.1, 0.15) is 17.6 Å². The molecule has 3 aromatic rings. The lowest BCUT2D eigenvalue weighted by atomic mass is 9.97. The highest BCUT2D eigenvalue weighted by Crippen LogP contribution is 2.43. The maximum atomic E-state index is 13.4. The van der Waals surface area contributed by atoms with Gasteiger partial charge in [-0.1, -0.05) is 17.7 Å². The highest BCUT2D eigenvalue weighted by Gasteiger charge is 2.47. The van der Waals surface area contributed by atoms with Gasteiger partial charge in [0.05, 0.1) is 23.9 Å². The number of Topliss-reactive ketones (excluding diaryl/α,β-unsaturated/α-hetero) is 1. The summed E-state index contributed by atoms with van der Waals surface area (Å²) in [6.07, 6.45) is 5.19. The molecule has 3 heterocycles. The van der Waals surface area contributed by atoms with Crippen LogP contribution in [0.3, 0.4) is 0 Å². The highest BCUT2D eigenvalue weighted by atomic mass is 16.5. The molecule has 0 saturated carbocycles. The first-order valence-electron chi connectivity index (χ1n) is 12.2. The van der Waals surface area contributed by atoms with Gasteiger partial charge in [0, 0.05) is 30.7 Å². The maximum absolute atomic E-state index is 13.4. The number of nitrogens with zero attached hydrogens (tertiary/aromatic N) is 3. The molecule has 1 N–H and O–H groups in total. The number of anilines is 2. The van der Waals surface area contributed by atoms with Crippen molar-refractivity contribution in [3.05, 3.63) is 89.3 Å². The van der Waals surface area contributed by atoms with Crippen molar-refractivity contribution in [2.75, 3.05) is 30.0 Å². The Labute approximate surface area is 210 Å². The van der Waals surface area contributed by atoms with Gasteiger partial charge in [-0.3, -0.25) is 19.5 Å². The Bertz CT molecular complexity index is 1310. The lowest BCUT2D eigenvalue weighted by Gasteiger charge is -2.30. The number of pyridine rings is 1. The molecule has 1 unspecified atom stereocenters. The van der Waals surface area contributed by atoms with E-state index in [0.29, 0.717) is 22.7 Å². The fraction of sp³-hybridized carbons (Fsp3) is 0.276. The molecular formula is C29H29N3O4. The van der Waals surface area contributed by atoms with Crippen molar-refractivity contribution < 1.29 is 19.4 Å². The third kappa shape index (κ3) is 4.21. The summed E-state index contributed by atoms with van der Waals surface area (Å²) in [5, 5.41) is 11.4. The number of piperidine rings is 1. The number of methoxy groups -OCH3 is 1. The molecule has 0 aliphatic carbocycles. The molecule has 0 spiro atoms. The van der Waals surface area contributed by atoms with Crippen LogP contribution < -0.4 is 14.5 Å². The summed E-state index contributed by atoms with van der Waals surface area (Å²) >= 11 is 0. The van der Waals surface area contributed by atoms with Crippen LogP contribution in [0.25, 0.3) is 5.76 Å². The third-order valence-corrected chi connectivity index (χ3v) is 6.87. The number of aromatic nitrogens is 1. The molecule has 7 nitrogen and oxygen atoms in total. The van der Waals surface area contributed by atoms with Crippen LogP contribution in [0.4, 0.5) is 11.4 Å². The second-order valence-electron chi connectivity index (χ2n) is 9.19. The first-order valence-corrected chi connectivity index (χ1v) is 12.2. The number of carbonyl (C=O) groups excluding carboxylic acids is 2. The predicted octanol–water partition coefficient (Wildman–Crippen LogP) is 5.02. The van der Waals surface area contributed by atoms with Gasteiger partial charge in [-0.25, -0.2) is 0 Å². The van der Waals surface area contributed by atoms with Crippen molar-refractivity contribution in [3.63, 3.8) is 0 Å². The molecule has 7 heteroatoms. The number of rotatable bonds is 5. The molecule has 0 bridgehead atoms. The highest BCUT2D eigenvalue weighted by molar-refractivity contribution is 6.51. The minimum Gasteiger partial charge on any atom is -0.507 e. The maximum Gasteiger partial charge on any atom is 0.300 e. The van der Waals surface area contributed by atoms with Crippen molar-refractivity contribution in [2.24, 2.45) is 0 Å². The van der Waals surface area contributed by atoms with Crippen LogP contribution in [0, 0.1) is 6.92 Å². The predicted molar refractivity (Wildman–Crippen MR) is 139 cm³/mol. The molecule has 0 radical (unpaired) electrons. The normalized spacial score (nSPS) is 19.6. The molecule has 184 valence electrons. The minimum atomic E-state index is -0.878. The summed E-state index contributed by atoms with van der Waals surface area (Å²) in [6.45, 7) is 3.90. The number of aliphatic hydroxyl groups excluding tert-OH is 1. The number of hydrogen-bond acceptors (Lipinski definition) is 6. The van der Waals surface area contributed by atoms with Gasteiger partial charge in [0.2, 0.25) is 0 Å². The van der Waals surface area contributed by atoms with Gasteiger partial charge in [0.25, 0.3) is 11.7 Å². The Balaban J connectivity index is 1.62. The zero-order chi connectivity index (χ0) is 25.2. The van der Waals surface area contributed by atoms with E-state index >= 15 is 0 Å². The van der Waals surface area contributed by atoms with E-state index in [1.165, 1.54) is 31.3 Å². The van der Waals surface area contributed by atoms with Crippen molar-refractivity contribution in [1.82, 2.24) is 4.98 Å². The summed E-state index contributed by atoms with van der Waals surface area (Å²) in [6, 6.07) is 17.5. The van der Waals surface area contributed by atoms with Crippen molar-refractivity contribution in [3.8, 4) is 5.75 Å². The lowest BCUT2D eigenvalue weighted by molar-refractivity contribution is -0.132. The van der Waals surface area contributed by atoms with E-state index in [9.17, 15) is 14.7 Å². The fourth-order valence-corrected chi connectivity index (χ4v) is 5.04. The summed E-state index contributed by atoms with van der Waals surface area (Å²) in [5.74, 6) is -1.33. The molecule has 1 aromatic heterocycles. The monoisotopic (exact) mass is 483 g/mol. The van der Waals surface area contributed by atoms with Crippen LogP contribution >= 0.6 is 0 Å². The second kappa shape index (κ2) is 9.85. The minimum absolute atomic E-state index is 0.0114. The van der Waals surface area contributed by atoms with Crippen LogP contribution in [-0.4, -0.2) is 42.0 Å². The smallest absolute Gasteiger partial charge is 0.300 e. The summed E-state index contributed by atoms with van der Waals surface area (Å²) in [7, 11) is 1.50. The Hall–Kier alpha value is -4.13. The van der Waals surface area contributed by atoms with Crippen LogP contribution in [0.5, 0.6) is 5.75 Å². The molecule has 1 amide bonds. The first kappa shape index (κ1) is 23.6. The molecular weight excluding hydrogens is 454 g/mol. The van der Waals surface area contributed by atoms with E-state index in [4.69, 9.17) is 4.74 Å². The van der Waals surface area contributed by atoms with E-state index in [1.54, 1.807) is 36.5 Å². The fourth-order valence-electron chi connectivity index (χ4n) is 5.04. The van der Waals surface area contributed by atoms with E-state index in [-0.39, 0.29) is 11.3 Å². The molecule has 2 aliphatic rings. The van der Waals surface area contributed by atoms with E-state index in [0.717, 1.165) is 24.3 Å². The largest absolute Gasteiger partial charge is 0.507 e.